The summed E-state index contributed by atoms with van der Waals surface area (Å²) in [6, 6.07) is 8.17. The molecule has 2 rings (SSSR count). The number of aliphatic hydroxyl groups is 1. The Kier molecular flexibility index (Phi) is 11.3. The first-order valence-electron chi connectivity index (χ1n) is 11.4. The van der Waals surface area contributed by atoms with Gasteiger partial charge in [-0.05, 0) is 60.9 Å². The number of aryl methyl sites for hydroxylation is 2. The Labute approximate surface area is 229 Å². The fourth-order valence-electron chi connectivity index (χ4n) is 3.85. The van der Waals surface area contributed by atoms with Gasteiger partial charge in [-0.3, -0.25) is 4.79 Å². The smallest absolute Gasteiger partial charge is 0.548 e. The first-order chi connectivity index (χ1) is 15.4. The van der Waals surface area contributed by atoms with Gasteiger partial charge in [-0.15, -0.1) is 11.3 Å². The minimum absolute atomic E-state index is 0. The molecular weight excluding hydrogens is 461 g/mol. The van der Waals surface area contributed by atoms with Crippen molar-refractivity contribution in [3.05, 3.63) is 50.7 Å². The van der Waals surface area contributed by atoms with E-state index in [1.54, 1.807) is 0 Å². The van der Waals surface area contributed by atoms with Gasteiger partial charge in [0.05, 0.1) is 23.5 Å². The van der Waals surface area contributed by atoms with Crippen LogP contribution in [0.25, 0.3) is 0 Å². The van der Waals surface area contributed by atoms with Gasteiger partial charge in [-0.2, -0.15) is 0 Å². The number of hydrogen-bond donors (Lipinski definition) is 2. The van der Waals surface area contributed by atoms with Crippen LogP contribution in [0, 0.1) is 19.3 Å². The van der Waals surface area contributed by atoms with Gasteiger partial charge in [-0.1, -0.05) is 46.8 Å². The maximum absolute atomic E-state index is 12.5. The van der Waals surface area contributed by atoms with Crippen molar-refractivity contribution in [1.82, 2.24) is 5.32 Å². The quantitative estimate of drug-likeness (QED) is 0.472. The summed E-state index contributed by atoms with van der Waals surface area (Å²) in [5.74, 6) is -0.971. The number of ether oxygens (including phenoxy) is 1. The maximum atomic E-state index is 12.5. The molecule has 0 radical (unpaired) electrons. The first-order valence-corrected chi connectivity index (χ1v) is 12.2. The largest absolute Gasteiger partial charge is 1.00 e. The minimum Gasteiger partial charge on any atom is -0.548 e. The number of benzene rings is 1. The molecular formula is C26H36NNaO5S. The van der Waals surface area contributed by atoms with Gasteiger partial charge in [0.15, 0.2) is 0 Å². The van der Waals surface area contributed by atoms with Gasteiger partial charge in [0.1, 0.15) is 12.4 Å². The summed E-state index contributed by atoms with van der Waals surface area (Å²) in [5, 5.41) is 23.4. The number of thiophene rings is 1. The van der Waals surface area contributed by atoms with Crippen molar-refractivity contribution in [2.24, 2.45) is 5.41 Å². The van der Waals surface area contributed by atoms with Crippen molar-refractivity contribution in [2.45, 2.75) is 72.8 Å². The second-order valence-corrected chi connectivity index (χ2v) is 10.7. The van der Waals surface area contributed by atoms with Crippen molar-refractivity contribution < 1.29 is 54.1 Å². The molecule has 0 aliphatic carbocycles. The molecule has 0 fully saturated rings. The van der Waals surface area contributed by atoms with Crippen molar-refractivity contribution in [2.75, 3.05) is 13.2 Å². The van der Waals surface area contributed by atoms with Gasteiger partial charge in [0, 0.05) is 10.3 Å². The van der Waals surface area contributed by atoms with Gasteiger partial charge >= 0.3 is 29.6 Å². The molecule has 1 aromatic carbocycles. The number of rotatable bonds is 10. The average Bonchev–Trinajstić information content (AvgIpc) is 3.13. The molecule has 0 saturated heterocycles. The molecule has 1 atom stereocenters. The number of carbonyl (C=O) groups excluding carboxylic acids is 2. The Morgan fingerprint density at radius 1 is 1.12 bits per heavy atom. The Morgan fingerprint density at radius 3 is 2.24 bits per heavy atom. The molecule has 0 saturated carbocycles. The molecule has 6 nitrogen and oxygen atoms in total. The monoisotopic (exact) mass is 497 g/mol. The SMILES string of the molecule is CCC(CC)(c1ccc(OCC(O)C(C)(C)C)c(C)c1)c1cc(C)c(C(=O)NCC(=O)[O-])s1.[Na+]. The molecule has 182 valence electrons. The van der Waals surface area contributed by atoms with Crippen LogP contribution in [0.1, 0.15) is 78.7 Å². The summed E-state index contributed by atoms with van der Waals surface area (Å²) in [6.07, 6.45) is 1.11. The van der Waals surface area contributed by atoms with E-state index < -0.39 is 24.5 Å². The molecule has 1 heterocycles. The summed E-state index contributed by atoms with van der Waals surface area (Å²) < 4.78 is 5.91. The van der Waals surface area contributed by atoms with Gasteiger partial charge in [0.25, 0.3) is 5.91 Å². The van der Waals surface area contributed by atoms with Gasteiger partial charge in [0.2, 0.25) is 0 Å². The van der Waals surface area contributed by atoms with E-state index in [-0.39, 0.29) is 47.0 Å². The van der Waals surface area contributed by atoms with E-state index in [4.69, 9.17) is 4.74 Å². The third-order valence-electron chi connectivity index (χ3n) is 6.32. The van der Waals surface area contributed by atoms with Crippen molar-refractivity contribution in [1.29, 1.82) is 0 Å². The zero-order valence-corrected chi connectivity index (χ0v) is 24.5. The Balaban J connectivity index is 0.00000578. The number of aliphatic carboxylic acids is 1. The van der Waals surface area contributed by atoms with E-state index in [2.05, 4.69) is 31.3 Å². The summed E-state index contributed by atoms with van der Waals surface area (Å²) in [5.41, 5.74) is 2.41. The fraction of sp³-hybridized carbons (Fsp3) is 0.538. The molecule has 8 heteroatoms. The summed E-state index contributed by atoms with van der Waals surface area (Å²) in [7, 11) is 0. The molecule has 0 aliphatic rings. The van der Waals surface area contributed by atoms with E-state index in [1.165, 1.54) is 11.3 Å². The van der Waals surface area contributed by atoms with Crippen LogP contribution in [-0.4, -0.2) is 36.2 Å². The van der Waals surface area contributed by atoms with Crippen molar-refractivity contribution >= 4 is 23.2 Å². The van der Waals surface area contributed by atoms with Crippen LogP contribution in [0.5, 0.6) is 5.75 Å². The van der Waals surface area contributed by atoms with E-state index in [1.807, 2.05) is 46.8 Å². The molecule has 1 unspecified atom stereocenters. The molecule has 2 N–H and O–H groups in total. The second-order valence-electron chi connectivity index (χ2n) is 9.64. The van der Waals surface area contributed by atoms with E-state index in [0.29, 0.717) is 4.88 Å². The molecule has 1 amide bonds. The zero-order valence-electron chi connectivity index (χ0n) is 21.7. The van der Waals surface area contributed by atoms with Gasteiger partial charge < -0.3 is 25.1 Å². The molecule has 34 heavy (non-hydrogen) atoms. The van der Waals surface area contributed by atoms with Crippen molar-refractivity contribution in [3.63, 3.8) is 0 Å². The van der Waals surface area contributed by atoms with Crippen LogP contribution in [0.2, 0.25) is 0 Å². The van der Waals surface area contributed by atoms with Gasteiger partial charge in [-0.25, -0.2) is 0 Å². The van der Waals surface area contributed by atoms with E-state index >= 15 is 0 Å². The Bertz CT molecular complexity index is 992. The molecule has 1 aromatic heterocycles. The topological polar surface area (TPSA) is 98.7 Å². The van der Waals surface area contributed by atoms with Crippen LogP contribution in [0.4, 0.5) is 0 Å². The molecule has 0 aliphatic heterocycles. The third kappa shape index (κ3) is 7.08. The predicted octanol–water partition coefficient (Wildman–Crippen LogP) is 0.741. The minimum atomic E-state index is -1.32. The predicted molar refractivity (Wildman–Crippen MR) is 130 cm³/mol. The summed E-state index contributed by atoms with van der Waals surface area (Å²) in [6.45, 7) is 13.8. The van der Waals surface area contributed by atoms with Crippen LogP contribution in [0.3, 0.4) is 0 Å². The number of hydrogen-bond acceptors (Lipinski definition) is 6. The number of amides is 1. The number of carbonyl (C=O) groups is 2. The molecule has 0 spiro atoms. The first kappa shape index (κ1) is 30.7. The molecule has 0 bridgehead atoms. The third-order valence-corrected chi connectivity index (χ3v) is 7.76. The maximum Gasteiger partial charge on any atom is 1.00 e. The second kappa shape index (κ2) is 12.5. The number of carboxylic acid groups (broad SMARTS) is 1. The zero-order chi connectivity index (χ0) is 25.0. The standard InChI is InChI=1S/C26H37NO5S.Na/c1-8-26(9-2,21-13-17(4)23(33-21)24(31)27-14-22(29)30)18-10-11-19(16(3)12-18)32-15-20(28)25(5,6)7;/h10-13,20,28H,8-9,14-15H2,1-7H3,(H,27,31)(H,29,30);/q;+1/p-1. The Hall–Kier alpha value is -1.38. The summed E-state index contributed by atoms with van der Waals surface area (Å²) in [4.78, 5) is 24.8. The van der Waals surface area contributed by atoms with E-state index in [9.17, 15) is 19.8 Å². The van der Waals surface area contributed by atoms with Crippen LogP contribution < -0.4 is 44.7 Å². The number of carboxylic acids is 1. The van der Waals surface area contributed by atoms with Crippen molar-refractivity contribution in [3.8, 4) is 5.75 Å². The summed E-state index contributed by atoms with van der Waals surface area (Å²) >= 11 is 1.41. The normalized spacial score (nSPS) is 12.6. The number of aliphatic hydroxyl groups excluding tert-OH is 1. The van der Waals surface area contributed by atoms with Crippen LogP contribution >= 0.6 is 11.3 Å². The fourth-order valence-corrected chi connectivity index (χ4v) is 5.30. The van der Waals surface area contributed by atoms with Crippen LogP contribution in [0.15, 0.2) is 24.3 Å². The average molecular weight is 498 g/mol. The number of nitrogens with one attached hydrogen (secondary N) is 1. The van der Waals surface area contributed by atoms with E-state index in [0.717, 1.165) is 40.2 Å². The van der Waals surface area contributed by atoms with Crippen LogP contribution in [-0.2, 0) is 10.2 Å². The Morgan fingerprint density at radius 2 is 1.74 bits per heavy atom. The molecule has 2 aromatic rings.